The predicted molar refractivity (Wildman–Crippen MR) is 70.4 cm³/mol. The lowest BCUT2D eigenvalue weighted by Gasteiger charge is -2.46. The van der Waals surface area contributed by atoms with Crippen molar-refractivity contribution in [3.05, 3.63) is 42.0 Å². The molecule has 1 amide bonds. The highest BCUT2D eigenvalue weighted by atomic mass is 16.3. The van der Waals surface area contributed by atoms with E-state index < -0.39 is 17.4 Å². The Morgan fingerprint density at radius 2 is 2.21 bits per heavy atom. The van der Waals surface area contributed by atoms with E-state index in [-0.39, 0.29) is 5.91 Å². The number of aliphatic hydroxyl groups is 1. The summed E-state index contributed by atoms with van der Waals surface area (Å²) in [5, 5.41) is 20.0. The maximum absolute atomic E-state index is 12.5. The summed E-state index contributed by atoms with van der Waals surface area (Å²) in [5.74, 6) is -0.624. The number of anilines is 1. The Bertz CT molecular complexity index is 617. The molecule has 96 valence electrons. The lowest BCUT2D eigenvalue weighted by Crippen LogP contribution is -2.56. The molecule has 1 aromatic carbocycles. The van der Waals surface area contributed by atoms with E-state index >= 15 is 0 Å². The van der Waals surface area contributed by atoms with Crippen molar-refractivity contribution in [2.24, 2.45) is 5.92 Å². The third-order valence-electron chi connectivity index (χ3n) is 4.23. The molecule has 1 N–H and O–H groups in total. The molecular weight excluding hydrogens is 240 g/mol. The SMILES string of the molecule is CN1C(=O)[C@H]2CC=C[C@H](O)[C@@]2(C#N)c2ccccc21. The third kappa shape index (κ3) is 1.33. The van der Waals surface area contributed by atoms with Crippen LogP contribution in [0.3, 0.4) is 0 Å². The van der Waals surface area contributed by atoms with Gasteiger partial charge in [0.15, 0.2) is 0 Å². The fourth-order valence-electron chi connectivity index (χ4n) is 3.20. The quantitative estimate of drug-likeness (QED) is 0.711. The number of nitriles is 1. The van der Waals surface area contributed by atoms with Gasteiger partial charge in [-0.15, -0.1) is 0 Å². The van der Waals surface area contributed by atoms with Gasteiger partial charge >= 0.3 is 0 Å². The second kappa shape index (κ2) is 3.94. The Morgan fingerprint density at radius 3 is 2.95 bits per heavy atom. The molecule has 0 bridgehead atoms. The minimum Gasteiger partial charge on any atom is -0.387 e. The van der Waals surface area contributed by atoms with E-state index in [4.69, 9.17) is 0 Å². The smallest absolute Gasteiger partial charge is 0.232 e. The van der Waals surface area contributed by atoms with Gasteiger partial charge in [0.1, 0.15) is 5.41 Å². The van der Waals surface area contributed by atoms with Gasteiger partial charge in [0.05, 0.1) is 18.1 Å². The van der Waals surface area contributed by atoms with Gasteiger partial charge in [-0.1, -0.05) is 30.4 Å². The molecule has 0 fully saturated rings. The molecule has 1 aliphatic carbocycles. The molecule has 3 rings (SSSR count). The summed E-state index contributed by atoms with van der Waals surface area (Å²) >= 11 is 0. The van der Waals surface area contributed by atoms with Crippen LogP contribution in [0.4, 0.5) is 5.69 Å². The van der Waals surface area contributed by atoms with E-state index in [1.54, 1.807) is 24.1 Å². The summed E-state index contributed by atoms with van der Waals surface area (Å²) in [7, 11) is 1.72. The van der Waals surface area contributed by atoms with Crippen molar-refractivity contribution in [1.82, 2.24) is 0 Å². The van der Waals surface area contributed by atoms with Crippen molar-refractivity contribution in [2.45, 2.75) is 17.9 Å². The first kappa shape index (κ1) is 11.9. The van der Waals surface area contributed by atoms with Crippen LogP contribution in [0.15, 0.2) is 36.4 Å². The Balaban J connectivity index is 2.34. The number of para-hydroxylation sites is 1. The van der Waals surface area contributed by atoms with Gasteiger partial charge in [-0.2, -0.15) is 5.26 Å². The lowest BCUT2D eigenvalue weighted by atomic mass is 9.61. The van der Waals surface area contributed by atoms with Crippen LogP contribution in [0.5, 0.6) is 0 Å². The molecular formula is C15H14N2O2. The number of hydrogen-bond donors (Lipinski definition) is 1. The molecule has 1 aliphatic heterocycles. The topological polar surface area (TPSA) is 64.3 Å². The summed E-state index contributed by atoms with van der Waals surface area (Å²) in [5.41, 5.74) is 0.288. The van der Waals surface area contributed by atoms with Crippen LogP contribution in [0, 0.1) is 17.2 Å². The molecule has 0 radical (unpaired) electrons. The summed E-state index contributed by atoms with van der Waals surface area (Å²) in [4.78, 5) is 14.0. The number of rotatable bonds is 0. The van der Waals surface area contributed by atoms with Crippen LogP contribution < -0.4 is 4.90 Å². The monoisotopic (exact) mass is 254 g/mol. The lowest BCUT2D eigenvalue weighted by molar-refractivity contribution is -0.125. The number of fused-ring (bicyclic) bond motifs is 3. The average Bonchev–Trinajstić information content (AvgIpc) is 2.45. The molecule has 3 atom stereocenters. The zero-order valence-electron chi connectivity index (χ0n) is 10.6. The zero-order valence-corrected chi connectivity index (χ0v) is 10.6. The largest absolute Gasteiger partial charge is 0.387 e. The number of carbonyl (C=O) groups is 1. The molecule has 2 aliphatic rings. The van der Waals surface area contributed by atoms with E-state index in [9.17, 15) is 15.2 Å². The molecule has 0 saturated heterocycles. The van der Waals surface area contributed by atoms with Gasteiger partial charge in [-0.05, 0) is 18.1 Å². The zero-order chi connectivity index (χ0) is 13.6. The van der Waals surface area contributed by atoms with Crippen LogP contribution in [0.1, 0.15) is 12.0 Å². The Morgan fingerprint density at radius 1 is 1.47 bits per heavy atom. The van der Waals surface area contributed by atoms with Crippen LogP contribution in [0.2, 0.25) is 0 Å². The van der Waals surface area contributed by atoms with E-state index in [1.807, 2.05) is 24.3 Å². The number of benzene rings is 1. The minimum absolute atomic E-state index is 0.108. The Kier molecular flexibility index (Phi) is 2.48. The van der Waals surface area contributed by atoms with Crippen molar-refractivity contribution in [3.63, 3.8) is 0 Å². The van der Waals surface area contributed by atoms with E-state index in [0.717, 1.165) is 5.56 Å². The highest BCUT2D eigenvalue weighted by Gasteiger charge is 2.55. The van der Waals surface area contributed by atoms with E-state index in [1.165, 1.54) is 0 Å². The molecule has 1 heterocycles. The second-order valence-corrected chi connectivity index (χ2v) is 5.06. The number of allylic oxidation sites excluding steroid dienone is 1. The first-order valence-corrected chi connectivity index (χ1v) is 6.26. The molecule has 0 saturated carbocycles. The number of hydrogen-bond acceptors (Lipinski definition) is 3. The highest BCUT2D eigenvalue weighted by Crippen LogP contribution is 2.48. The van der Waals surface area contributed by atoms with Crippen LogP contribution in [-0.4, -0.2) is 24.2 Å². The second-order valence-electron chi connectivity index (χ2n) is 5.06. The third-order valence-corrected chi connectivity index (χ3v) is 4.23. The van der Waals surface area contributed by atoms with Gasteiger partial charge < -0.3 is 10.0 Å². The Hall–Kier alpha value is -2.12. The number of aliphatic hydroxyl groups excluding tert-OH is 1. The fourth-order valence-corrected chi connectivity index (χ4v) is 3.20. The number of amides is 1. The highest BCUT2D eigenvalue weighted by molar-refractivity contribution is 6.00. The normalized spacial score (nSPS) is 32.5. The first-order valence-electron chi connectivity index (χ1n) is 6.26. The van der Waals surface area contributed by atoms with Crippen molar-refractivity contribution in [3.8, 4) is 6.07 Å². The van der Waals surface area contributed by atoms with Crippen LogP contribution in [-0.2, 0) is 10.2 Å². The molecule has 1 aromatic rings. The van der Waals surface area contributed by atoms with Gasteiger partial charge in [-0.25, -0.2) is 0 Å². The molecule has 19 heavy (non-hydrogen) atoms. The van der Waals surface area contributed by atoms with Gasteiger partial charge in [0, 0.05) is 12.7 Å². The molecule has 4 heteroatoms. The van der Waals surface area contributed by atoms with Crippen LogP contribution in [0.25, 0.3) is 0 Å². The van der Waals surface area contributed by atoms with Crippen molar-refractivity contribution < 1.29 is 9.90 Å². The molecule has 0 spiro atoms. The summed E-state index contributed by atoms with van der Waals surface area (Å²) in [6.07, 6.45) is 2.94. The van der Waals surface area contributed by atoms with Crippen LogP contribution >= 0.6 is 0 Å². The minimum atomic E-state index is -1.16. The summed E-state index contributed by atoms with van der Waals surface area (Å²) < 4.78 is 0. The van der Waals surface area contributed by atoms with Crippen molar-refractivity contribution in [1.29, 1.82) is 5.26 Å². The summed E-state index contributed by atoms with van der Waals surface area (Å²) in [6, 6.07) is 9.54. The van der Waals surface area contributed by atoms with Crippen molar-refractivity contribution in [2.75, 3.05) is 11.9 Å². The first-order chi connectivity index (χ1) is 9.13. The maximum atomic E-state index is 12.5. The fraction of sp³-hybridized carbons (Fsp3) is 0.333. The standard InChI is InChI=1S/C15H14N2O2/c1-17-12-7-3-2-5-10(12)15(9-16)11(14(17)19)6-4-8-13(15)18/h2-5,7-8,11,13,18H,6H2,1H3/t11-,13+,15+/m1/s1. The van der Waals surface area contributed by atoms with E-state index in [0.29, 0.717) is 12.1 Å². The van der Waals surface area contributed by atoms with E-state index in [2.05, 4.69) is 6.07 Å². The Labute approximate surface area is 111 Å². The molecule has 0 aromatic heterocycles. The maximum Gasteiger partial charge on any atom is 0.232 e. The molecule has 4 nitrogen and oxygen atoms in total. The number of carbonyl (C=O) groups excluding carboxylic acids is 1. The number of nitrogens with zero attached hydrogens (tertiary/aromatic N) is 2. The van der Waals surface area contributed by atoms with Gasteiger partial charge in [0.2, 0.25) is 5.91 Å². The van der Waals surface area contributed by atoms with Crippen molar-refractivity contribution >= 4 is 11.6 Å². The molecule has 0 unspecified atom stereocenters. The summed E-state index contributed by atoms with van der Waals surface area (Å²) in [6.45, 7) is 0. The van der Waals surface area contributed by atoms with Gasteiger partial charge in [-0.3, -0.25) is 4.79 Å². The average molecular weight is 254 g/mol. The van der Waals surface area contributed by atoms with Gasteiger partial charge in [0.25, 0.3) is 0 Å². The predicted octanol–water partition coefficient (Wildman–Crippen LogP) is 1.36.